The van der Waals surface area contributed by atoms with Gasteiger partial charge in [-0.1, -0.05) is 24.3 Å². The van der Waals surface area contributed by atoms with Crippen molar-refractivity contribution >= 4 is 17.6 Å². The highest BCUT2D eigenvalue weighted by Crippen LogP contribution is 2.28. The Bertz CT molecular complexity index is 807. The zero-order chi connectivity index (χ0) is 20.0. The van der Waals surface area contributed by atoms with E-state index in [-0.39, 0.29) is 12.2 Å². The van der Waals surface area contributed by atoms with E-state index in [0.717, 1.165) is 12.1 Å². The van der Waals surface area contributed by atoms with E-state index in [2.05, 4.69) is 10.6 Å². The number of benzene rings is 2. The summed E-state index contributed by atoms with van der Waals surface area (Å²) in [7, 11) is 1.66. The molecule has 0 heterocycles. The number of halogens is 4. The van der Waals surface area contributed by atoms with E-state index >= 15 is 0 Å². The van der Waals surface area contributed by atoms with Crippen molar-refractivity contribution in [1.82, 2.24) is 5.32 Å². The van der Waals surface area contributed by atoms with E-state index in [1.807, 2.05) is 0 Å². The quantitative estimate of drug-likeness (QED) is 0.693. The molecule has 0 saturated carbocycles. The molecule has 0 aliphatic rings. The lowest BCUT2D eigenvalue weighted by molar-refractivity contribution is -0.885. The second-order valence-electron chi connectivity index (χ2n) is 5.99. The molecule has 0 spiro atoms. The second-order valence-corrected chi connectivity index (χ2v) is 5.99. The van der Waals surface area contributed by atoms with Crippen LogP contribution >= 0.6 is 0 Å². The summed E-state index contributed by atoms with van der Waals surface area (Å²) in [5.74, 6) is -1.24. The van der Waals surface area contributed by atoms with Gasteiger partial charge in [0.2, 0.25) is 0 Å². The summed E-state index contributed by atoms with van der Waals surface area (Å²) < 4.78 is 51.1. The fourth-order valence-corrected chi connectivity index (χ4v) is 2.38. The van der Waals surface area contributed by atoms with Gasteiger partial charge < -0.3 is 10.2 Å². The van der Waals surface area contributed by atoms with Gasteiger partial charge in [-0.2, -0.15) is 13.2 Å². The monoisotopic (exact) mass is 384 g/mol. The molecule has 9 heteroatoms. The SMILES string of the molecule is C[NH+](CC(=O)NC(=O)Nc1ccccc1F)Cc1ccc(C(F)(F)F)cc1. The van der Waals surface area contributed by atoms with E-state index in [1.165, 1.54) is 36.4 Å². The van der Waals surface area contributed by atoms with Crippen molar-refractivity contribution < 1.29 is 32.1 Å². The summed E-state index contributed by atoms with van der Waals surface area (Å²) >= 11 is 0. The fourth-order valence-electron chi connectivity index (χ4n) is 2.38. The van der Waals surface area contributed by atoms with Crippen molar-refractivity contribution in [1.29, 1.82) is 0 Å². The molecule has 0 radical (unpaired) electrons. The maximum atomic E-state index is 13.4. The molecule has 2 rings (SSSR count). The highest BCUT2D eigenvalue weighted by Gasteiger charge is 2.30. The van der Waals surface area contributed by atoms with Crippen molar-refractivity contribution in [2.45, 2.75) is 12.7 Å². The molecule has 0 saturated heterocycles. The van der Waals surface area contributed by atoms with Crippen LogP contribution < -0.4 is 15.5 Å². The van der Waals surface area contributed by atoms with Crippen LogP contribution in [0.4, 0.5) is 28.0 Å². The fraction of sp³-hybridized carbons (Fsp3) is 0.222. The van der Waals surface area contributed by atoms with E-state index in [0.29, 0.717) is 17.0 Å². The molecule has 0 aliphatic heterocycles. The Labute approximate surface area is 153 Å². The lowest BCUT2D eigenvalue weighted by Crippen LogP contribution is -3.09. The third-order valence-electron chi connectivity index (χ3n) is 3.62. The Hall–Kier alpha value is -2.94. The first-order valence-corrected chi connectivity index (χ1v) is 7.98. The van der Waals surface area contributed by atoms with Gasteiger partial charge in [0, 0.05) is 5.56 Å². The second kappa shape index (κ2) is 8.63. The van der Waals surface area contributed by atoms with Gasteiger partial charge >= 0.3 is 12.2 Å². The number of alkyl halides is 3. The first-order chi connectivity index (χ1) is 12.6. The number of imide groups is 1. The number of rotatable bonds is 5. The number of quaternary nitrogens is 1. The van der Waals surface area contributed by atoms with E-state index < -0.39 is 29.5 Å². The number of urea groups is 1. The van der Waals surface area contributed by atoms with Crippen LogP contribution in [-0.4, -0.2) is 25.5 Å². The van der Waals surface area contributed by atoms with Gasteiger partial charge in [-0.05, 0) is 24.3 Å². The zero-order valence-corrected chi connectivity index (χ0v) is 14.4. The zero-order valence-electron chi connectivity index (χ0n) is 14.4. The van der Waals surface area contributed by atoms with Crippen molar-refractivity contribution in [2.24, 2.45) is 0 Å². The highest BCUT2D eigenvalue weighted by atomic mass is 19.4. The Morgan fingerprint density at radius 3 is 2.26 bits per heavy atom. The summed E-state index contributed by atoms with van der Waals surface area (Å²) in [5, 5.41) is 4.30. The van der Waals surface area contributed by atoms with Gasteiger partial charge in [-0.3, -0.25) is 10.1 Å². The number of hydrogen-bond donors (Lipinski definition) is 3. The smallest absolute Gasteiger partial charge is 0.326 e. The van der Waals surface area contributed by atoms with Gasteiger partial charge in [0.25, 0.3) is 5.91 Å². The Morgan fingerprint density at radius 1 is 1.04 bits per heavy atom. The van der Waals surface area contributed by atoms with Crippen LogP contribution in [0.1, 0.15) is 11.1 Å². The van der Waals surface area contributed by atoms with Crippen molar-refractivity contribution in [3.63, 3.8) is 0 Å². The normalized spacial score (nSPS) is 12.3. The molecule has 1 unspecified atom stereocenters. The third-order valence-corrected chi connectivity index (χ3v) is 3.62. The Kier molecular flexibility index (Phi) is 6.51. The Morgan fingerprint density at radius 2 is 1.67 bits per heavy atom. The van der Waals surface area contributed by atoms with Gasteiger partial charge in [0.1, 0.15) is 12.4 Å². The molecule has 5 nitrogen and oxygen atoms in total. The predicted octanol–water partition coefficient (Wildman–Crippen LogP) is 2.21. The maximum absolute atomic E-state index is 13.4. The summed E-state index contributed by atoms with van der Waals surface area (Å²) in [6.07, 6.45) is -4.40. The summed E-state index contributed by atoms with van der Waals surface area (Å²) in [5.41, 5.74) is -0.191. The molecule has 0 bridgehead atoms. The first-order valence-electron chi connectivity index (χ1n) is 7.98. The summed E-state index contributed by atoms with van der Waals surface area (Å²) in [6, 6.07) is 9.28. The van der Waals surface area contributed by atoms with Crippen molar-refractivity contribution in [3.8, 4) is 0 Å². The minimum Gasteiger partial charge on any atom is -0.326 e. The number of nitrogens with one attached hydrogen (secondary N) is 3. The van der Waals surface area contributed by atoms with Gasteiger partial charge in [0.05, 0.1) is 18.3 Å². The summed E-state index contributed by atoms with van der Waals surface area (Å²) in [6.45, 7) is 0.201. The average Bonchev–Trinajstić information content (AvgIpc) is 2.56. The van der Waals surface area contributed by atoms with Crippen LogP contribution in [0.15, 0.2) is 48.5 Å². The first kappa shape index (κ1) is 20.4. The molecule has 27 heavy (non-hydrogen) atoms. The summed E-state index contributed by atoms with van der Waals surface area (Å²) in [4.78, 5) is 24.3. The minimum atomic E-state index is -4.40. The van der Waals surface area contributed by atoms with Crippen molar-refractivity contribution in [2.75, 3.05) is 18.9 Å². The molecular formula is C18H18F4N3O2+. The molecule has 1 atom stereocenters. The minimum absolute atomic E-state index is 0.0618. The number of amides is 3. The molecule has 0 aromatic heterocycles. The van der Waals surface area contributed by atoms with Crippen LogP contribution in [0, 0.1) is 5.82 Å². The number of carbonyl (C=O) groups excluding carboxylic acids is 2. The van der Waals surface area contributed by atoms with Crippen LogP contribution in [-0.2, 0) is 17.5 Å². The number of para-hydroxylation sites is 1. The lowest BCUT2D eigenvalue weighted by Gasteiger charge is -2.14. The van der Waals surface area contributed by atoms with Crippen LogP contribution in [0.25, 0.3) is 0 Å². The molecule has 2 aromatic carbocycles. The molecular weight excluding hydrogens is 366 g/mol. The topological polar surface area (TPSA) is 62.6 Å². The highest BCUT2D eigenvalue weighted by molar-refractivity contribution is 6.01. The molecule has 3 N–H and O–H groups in total. The van der Waals surface area contributed by atoms with E-state index in [4.69, 9.17) is 0 Å². The predicted molar refractivity (Wildman–Crippen MR) is 90.5 cm³/mol. The van der Waals surface area contributed by atoms with Gasteiger partial charge in [0.15, 0.2) is 6.54 Å². The third kappa shape index (κ3) is 6.37. The van der Waals surface area contributed by atoms with Gasteiger partial charge in [-0.25, -0.2) is 9.18 Å². The van der Waals surface area contributed by atoms with Gasteiger partial charge in [-0.15, -0.1) is 0 Å². The maximum Gasteiger partial charge on any atom is 0.416 e. The molecule has 2 aromatic rings. The van der Waals surface area contributed by atoms with Crippen LogP contribution in [0.5, 0.6) is 0 Å². The van der Waals surface area contributed by atoms with Crippen LogP contribution in [0.3, 0.4) is 0 Å². The number of carbonyl (C=O) groups is 2. The molecule has 3 amide bonds. The molecule has 0 fully saturated rings. The molecule has 0 aliphatic carbocycles. The number of likely N-dealkylation sites (N-methyl/N-ethyl adjacent to an activating group) is 1. The Balaban J connectivity index is 1.83. The molecule has 144 valence electrons. The number of anilines is 1. The van der Waals surface area contributed by atoms with E-state index in [9.17, 15) is 27.2 Å². The number of hydrogen-bond acceptors (Lipinski definition) is 2. The largest absolute Gasteiger partial charge is 0.416 e. The van der Waals surface area contributed by atoms with E-state index in [1.54, 1.807) is 7.05 Å². The lowest BCUT2D eigenvalue weighted by atomic mass is 10.1. The standard InChI is InChI=1S/C18H17F4N3O2/c1-25(10-12-6-8-13(9-7-12)18(20,21)22)11-16(26)24-17(27)23-15-5-3-2-4-14(15)19/h2-9H,10-11H2,1H3,(H2,23,24,26,27)/p+1. The average molecular weight is 384 g/mol. The van der Waals surface area contributed by atoms with Crippen LogP contribution in [0.2, 0.25) is 0 Å². The van der Waals surface area contributed by atoms with Crippen molar-refractivity contribution in [3.05, 3.63) is 65.5 Å².